The minimum atomic E-state index is -0.277. The highest BCUT2D eigenvalue weighted by Crippen LogP contribution is 2.19. The Morgan fingerprint density at radius 2 is 2.24 bits per heavy atom. The molecule has 1 fully saturated rings. The third-order valence-corrected chi connectivity index (χ3v) is 3.34. The van der Waals surface area contributed by atoms with Crippen molar-refractivity contribution >= 4 is 5.91 Å². The number of aliphatic hydroxyl groups excluding tert-OH is 1. The normalized spacial score (nSPS) is 24.6. The number of aromatic amines is 1. The molecule has 0 aromatic carbocycles. The number of nitrogens with one attached hydrogen (secondary N) is 2. The first-order valence-electron chi connectivity index (χ1n) is 6.08. The molecule has 1 aromatic heterocycles. The van der Waals surface area contributed by atoms with E-state index in [0.29, 0.717) is 12.0 Å². The molecule has 1 saturated carbocycles. The number of carbonyl (C=O) groups is 1. The van der Waals surface area contributed by atoms with Gasteiger partial charge in [-0.1, -0.05) is 0 Å². The largest absolute Gasteiger partial charge is 0.393 e. The van der Waals surface area contributed by atoms with Crippen LogP contribution in [0.5, 0.6) is 0 Å². The van der Waals surface area contributed by atoms with Crippen molar-refractivity contribution in [3.8, 4) is 0 Å². The van der Waals surface area contributed by atoms with E-state index in [-0.39, 0.29) is 18.1 Å². The monoisotopic (exact) mass is 237 g/mol. The van der Waals surface area contributed by atoms with Gasteiger partial charge < -0.3 is 10.4 Å². The van der Waals surface area contributed by atoms with Crippen LogP contribution >= 0.6 is 0 Å². The molecular weight excluding hydrogens is 218 g/mol. The number of rotatable bonds is 2. The van der Waals surface area contributed by atoms with Crippen molar-refractivity contribution in [2.75, 3.05) is 0 Å². The number of carbonyl (C=O) groups excluding carboxylic acids is 1. The van der Waals surface area contributed by atoms with Crippen LogP contribution in [0.4, 0.5) is 0 Å². The first-order chi connectivity index (χ1) is 8.08. The van der Waals surface area contributed by atoms with Gasteiger partial charge in [0.25, 0.3) is 5.91 Å². The second-order valence-corrected chi connectivity index (χ2v) is 4.80. The lowest BCUT2D eigenvalue weighted by molar-refractivity contribution is 0.0849. The molecule has 5 nitrogen and oxygen atoms in total. The second-order valence-electron chi connectivity index (χ2n) is 4.80. The molecule has 2 unspecified atom stereocenters. The third-order valence-electron chi connectivity index (χ3n) is 3.34. The number of hydrogen-bond donors (Lipinski definition) is 3. The number of H-pyrrole nitrogens is 1. The Kier molecular flexibility index (Phi) is 3.47. The Morgan fingerprint density at radius 1 is 1.47 bits per heavy atom. The van der Waals surface area contributed by atoms with Crippen molar-refractivity contribution in [2.24, 2.45) is 0 Å². The maximum absolute atomic E-state index is 12.1. The minimum Gasteiger partial charge on any atom is -0.393 e. The van der Waals surface area contributed by atoms with Crippen LogP contribution in [0.15, 0.2) is 0 Å². The van der Waals surface area contributed by atoms with Gasteiger partial charge in [-0.2, -0.15) is 5.10 Å². The van der Waals surface area contributed by atoms with Gasteiger partial charge in [0.05, 0.1) is 17.4 Å². The first-order valence-corrected chi connectivity index (χ1v) is 6.08. The molecule has 5 heteroatoms. The zero-order chi connectivity index (χ0) is 12.4. The van der Waals surface area contributed by atoms with Crippen LogP contribution in [0.1, 0.15) is 47.4 Å². The molecule has 1 aromatic rings. The lowest BCUT2D eigenvalue weighted by Gasteiger charge is -2.26. The molecule has 0 bridgehead atoms. The van der Waals surface area contributed by atoms with Crippen molar-refractivity contribution < 1.29 is 9.90 Å². The van der Waals surface area contributed by atoms with Gasteiger partial charge in [0.2, 0.25) is 0 Å². The number of aliphatic hydroxyl groups is 1. The van der Waals surface area contributed by atoms with Crippen LogP contribution in [-0.2, 0) is 0 Å². The fourth-order valence-electron chi connectivity index (χ4n) is 2.44. The summed E-state index contributed by atoms with van der Waals surface area (Å²) in [5.74, 6) is -0.0900. The van der Waals surface area contributed by atoms with Crippen molar-refractivity contribution in [3.63, 3.8) is 0 Å². The standard InChI is InChI=1S/C12H19N3O2/c1-7-11(8(2)15-14-7)12(17)13-9-4-3-5-10(16)6-9/h9-10,16H,3-6H2,1-2H3,(H,13,17)(H,14,15). The van der Waals surface area contributed by atoms with Gasteiger partial charge >= 0.3 is 0 Å². The molecule has 1 amide bonds. The lowest BCUT2D eigenvalue weighted by atomic mass is 9.93. The first kappa shape index (κ1) is 12.1. The Morgan fingerprint density at radius 3 is 2.82 bits per heavy atom. The third kappa shape index (κ3) is 2.66. The molecule has 0 radical (unpaired) electrons. The summed E-state index contributed by atoms with van der Waals surface area (Å²) in [7, 11) is 0. The SMILES string of the molecule is Cc1n[nH]c(C)c1C(=O)NC1CCCC(O)C1. The minimum absolute atomic E-state index is 0.0833. The van der Waals surface area contributed by atoms with Crippen molar-refractivity contribution in [1.29, 1.82) is 0 Å². The average Bonchev–Trinajstić information content (AvgIpc) is 2.58. The van der Waals surface area contributed by atoms with E-state index in [9.17, 15) is 9.90 Å². The number of aromatic nitrogens is 2. The molecule has 0 saturated heterocycles. The van der Waals surface area contributed by atoms with Crippen LogP contribution < -0.4 is 5.32 Å². The smallest absolute Gasteiger partial charge is 0.255 e. The topological polar surface area (TPSA) is 78.0 Å². The fourth-order valence-corrected chi connectivity index (χ4v) is 2.44. The van der Waals surface area contributed by atoms with Crippen LogP contribution in [0, 0.1) is 13.8 Å². The summed E-state index contributed by atoms with van der Waals surface area (Å²) in [5.41, 5.74) is 2.14. The number of aryl methyl sites for hydroxylation is 2. The average molecular weight is 237 g/mol. The summed E-state index contributed by atoms with van der Waals surface area (Å²) in [5, 5.41) is 19.4. The van der Waals surface area contributed by atoms with Gasteiger partial charge in [-0.25, -0.2) is 0 Å². The highest BCUT2D eigenvalue weighted by molar-refractivity contribution is 5.96. The van der Waals surface area contributed by atoms with Crippen molar-refractivity contribution in [2.45, 2.75) is 51.7 Å². The molecule has 1 aliphatic rings. The van der Waals surface area contributed by atoms with E-state index in [1.54, 1.807) is 0 Å². The number of amides is 1. The summed E-state index contributed by atoms with van der Waals surface area (Å²) in [4.78, 5) is 12.1. The van der Waals surface area contributed by atoms with E-state index in [1.807, 2.05) is 13.8 Å². The van der Waals surface area contributed by atoms with Gasteiger partial charge in [-0.15, -0.1) is 0 Å². The Labute approximate surface area is 101 Å². The molecular formula is C12H19N3O2. The van der Waals surface area contributed by atoms with Gasteiger partial charge in [0.15, 0.2) is 0 Å². The molecule has 2 rings (SSSR count). The van der Waals surface area contributed by atoms with Crippen molar-refractivity contribution in [3.05, 3.63) is 17.0 Å². The number of hydrogen-bond acceptors (Lipinski definition) is 3. The van der Waals surface area contributed by atoms with Gasteiger partial charge in [-0.3, -0.25) is 9.89 Å². The summed E-state index contributed by atoms with van der Waals surface area (Å²) in [6.45, 7) is 3.65. The Balaban J connectivity index is 2.02. The predicted molar refractivity (Wildman–Crippen MR) is 63.8 cm³/mol. The zero-order valence-electron chi connectivity index (χ0n) is 10.3. The van der Waals surface area contributed by atoms with E-state index >= 15 is 0 Å². The molecule has 0 spiro atoms. The van der Waals surface area contributed by atoms with Crippen LogP contribution in [-0.4, -0.2) is 33.4 Å². The van der Waals surface area contributed by atoms with E-state index in [1.165, 1.54) is 0 Å². The van der Waals surface area contributed by atoms with E-state index in [0.717, 1.165) is 30.7 Å². The zero-order valence-corrected chi connectivity index (χ0v) is 10.3. The molecule has 3 N–H and O–H groups in total. The predicted octanol–water partition coefficient (Wildman–Crippen LogP) is 1.06. The summed E-state index contributed by atoms with van der Waals surface area (Å²) < 4.78 is 0. The van der Waals surface area contributed by atoms with Crippen LogP contribution in [0.3, 0.4) is 0 Å². The second kappa shape index (κ2) is 4.87. The maximum Gasteiger partial charge on any atom is 0.255 e. The highest BCUT2D eigenvalue weighted by atomic mass is 16.3. The van der Waals surface area contributed by atoms with E-state index in [2.05, 4.69) is 15.5 Å². The van der Waals surface area contributed by atoms with Crippen molar-refractivity contribution in [1.82, 2.24) is 15.5 Å². The van der Waals surface area contributed by atoms with E-state index < -0.39 is 0 Å². The van der Waals surface area contributed by atoms with Gasteiger partial charge in [0.1, 0.15) is 0 Å². The Bertz CT molecular complexity index is 394. The Hall–Kier alpha value is -1.36. The molecule has 2 atom stereocenters. The van der Waals surface area contributed by atoms with Gasteiger partial charge in [-0.05, 0) is 39.5 Å². The maximum atomic E-state index is 12.1. The van der Waals surface area contributed by atoms with Crippen LogP contribution in [0.2, 0.25) is 0 Å². The lowest BCUT2D eigenvalue weighted by Crippen LogP contribution is -2.40. The van der Waals surface area contributed by atoms with Gasteiger partial charge in [0, 0.05) is 11.7 Å². The quantitative estimate of drug-likeness (QED) is 0.719. The molecule has 1 aliphatic carbocycles. The van der Waals surface area contributed by atoms with Crippen LogP contribution in [0.25, 0.3) is 0 Å². The molecule has 17 heavy (non-hydrogen) atoms. The van der Waals surface area contributed by atoms with E-state index in [4.69, 9.17) is 0 Å². The molecule has 1 heterocycles. The molecule has 0 aliphatic heterocycles. The summed E-state index contributed by atoms with van der Waals surface area (Å²) in [6.07, 6.45) is 3.13. The summed E-state index contributed by atoms with van der Waals surface area (Å²) in [6, 6.07) is 0.0833. The molecule has 94 valence electrons. The fraction of sp³-hybridized carbons (Fsp3) is 0.667. The highest BCUT2D eigenvalue weighted by Gasteiger charge is 2.23. The number of nitrogens with zero attached hydrogens (tertiary/aromatic N) is 1. The summed E-state index contributed by atoms with van der Waals surface area (Å²) >= 11 is 0.